The number of carboxylic acid groups (broad SMARTS) is 1. The van der Waals surface area contributed by atoms with E-state index < -0.39 is 5.97 Å². The molecule has 0 aliphatic heterocycles. The third-order valence-corrected chi connectivity index (χ3v) is 4.93. The van der Waals surface area contributed by atoms with Crippen LogP contribution in [0.2, 0.25) is 5.02 Å². The predicted octanol–water partition coefficient (Wildman–Crippen LogP) is 2.95. The molecule has 0 amide bonds. The Hall–Kier alpha value is -1.77. The molecule has 2 aliphatic rings. The van der Waals surface area contributed by atoms with Gasteiger partial charge in [0.2, 0.25) is 0 Å². The molecule has 1 aromatic carbocycles. The minimum atomic E-state index is -0.749. The molecule has 0 aromatic heterocycles. The number of carboxylic acids is 1. The van der Waals surface area contributed by atoms with E-state index in [0.29, 0.717) is 28.6 Å². The average Bonchev–Trinajstić information content (AvgIpc) is 3.25. The number of nitriles is 1. The van der Waals surface area contributed by atoms with Gasteiger partial charge in [0.1, 0.15) is 6.07 Å². The molecule has 5 nitrogen and oxygen atoms in total. The number of anilines is 1. The topological polar surface area (TPSA) is 76.4 Å². The van der Waals surface area contributed by atoms with Crippen LogP contribution in [-0.4, -0.2) is 41.1 Å². The quantitative estimate of drug-likeness (QED) is 0.802. The molecule has 0 bridgehead atoms. The molecular weight excluding hydrogens is 314 g/mol. The number of halogens is 1. The smallest absolute Gasteiger partial charge is 0.317 e. The number of hydrogen-bond acceptors (Lipinski definition) is 4. The van der Waals surface area contributed by atoms with E-state index in [0.717, 1.165) is 25.1 Å². The summed E-state index contributed by atoms with van der Waals surface area (Å²) in [5.41, 5.74) is 1.38. The van der Waals surface area contributed by atoms with Crippen molar-refractivity contribution >= 4 is 23.3 Å². The molecule has 0 heterocycles. The predicted molar refractivity (Wildman–Crippen MR) is 88.5 cm³/mol. The third-order valence-electron chi connectivity index (χ3n) is 4.62. The molecule has 122 valence electrons. The molecule has 6 heteroatoms. The zero-order chi connectivity index (χ0) is 16.4. The summed E-state index contributed by atoms with van der Waals surface area (Å²) in [6.45, 7) is 1.04. The van der Waals surface area contributed by atoms with E-state index in [1.807, 2.05) is 12.1 Å². The zero-order valence-corrected chi connectivity index (χ0v) is 13.6. The van der Waals surface area contributed by atoms with Crippen molar-refractivity contribution < 1.29 is 9.90 Å². The van der Waals surface area contributed by atoms with Gasteiger partial charge < -0.3 is 10.4 Å². The van der Waals surface area contributed by atoms with Crippen LogP contribution in [-0.2, 0) is 4.79 Å². The van der Waals surface area contributed by atoms with Crippen LogP contribution in [0, 0.1) is 17.2 Å². The fourth-order valence-corrected chi connectivity index (χ4v) is 3.31. The molecule has 2 saturated carbocycles. The van der Waals surface area contributed by atoms with Crippen LogP contribution < -0.4 is 5.32 Å². The van der Waals surface area contributed by atoms with Crippen LogP contribution in [0.4, 0.5) is 5.69 Å². The number of carbonyl (C=O) groups is 1. The lowest BCUT2D eigenvalue weighted by Gasteiger charge is -2.43. The van der Waals surface area contributed by atoms with Crippen molar-refractivity contribution in [1.29, 1.82) is 5.26 Å². The SMILES string of the molecule is N#Cc1ccc(NC2CC(N(CC(=O)O)CC3CC3)C2)cc1Cl. The summed E-state index contributed by atoms with van der Waals surface area (Å²) in [6.07, 6.45) is 4.34. The zero-order valence-electron chi connectivity index (χ0n) is 12.8. The molecule has 0 atom stereocenters. The second-order valence-electron chi connectivity index (χ2n) is 6.54. The number of aliphatic carboxylic acids is 1. The lowest BCUT2D eigenvalue weighted by Crippen LogP contribution is -2.52. The minimum Gasteiger partial charge on any atom is -0.480 e. The van der Waals surface area contributed by atoms with E-state index in [9.17, 15) is 4.79 Å². The average molecular weight is 334 g/mol. The van der Waals surface area contributed by atoms with Crippen molar-refractivity contribution in [3.8, 4) is 6.07 Å². The van der Waals surface area contributed by atoms with Crippen molar-refractivity contribution in [2.45, 2.75) is 37.8 Å². The van der Waals surface area contributed by atoms with E-state index in [4.69, 9.17) is 22.0 Å². The first-order valence-corrected chi connectivity index (χ1v) is 8.35. The summed E-state index contributed by atoms with van der Waals surface area (Å²) in [5, 5.41) is 21.8. The van der Waals surface area contributed by atoms with Gasteiger partial charge in [-0.3, -0.25) is 9.69 Å². The second kappa shape index (κ2) is 6.77. The lowest BCUT2D eigenvalue weighted by molar-refractivity contribution is -0.139. The molecule has 23 heavy (non-hydrogen) atoms. The van der Waals surface area contributed by atoms with Crippen LogP contribution in [0.25, 0.3) is 0 Å². The maximum Gasteiger partial charge on any atom is 0.317 e. The maximum atomic E-state index is 11.0. The first kappa shape index (κ1) is 16.1. The Kier molecular flexibility index (Phi) is 4.74. The molecule has 3 rings (SSSR count). The highest BCUT2D eigenvalue weighted by Gasteiger charge is 2.37. The van der Waals surface area contributed by atoms with Gasteiger partial charge in [-0.2, -0.15) is 5.26 Å². The highest BCUT2D eigenvalue weighted by Crippen LogP contribution is 2.35. The fourth-order valence-electron chi connectivity index (χ4n) is 3.08. The summed E-state index contributed by atoms with van der Waals surface area (Å²) < 4.78 is 0. The molecule has 2 N–H and O–H groups in total. The van der Waals surface area contributed by atoms with E-state index in [1.54, 1.807) is 12.1 Å². The highest BCUT2D eigenvalue weighted by molar-refractivity contribution is 6.32. The Morgan fingerprint density at radius 3 is 2.74 bits per heavy atom. The van der Waals surface area contributed by atoms with E-state index in [2.05, 4.69) is 10.2 Å². The maximum absolute atomic E-state index is 11.0. The normalized spacial score (nSPS) is 23.2. The molecule has 2 fully saturated rings. The van der Waals surface area contributed by atoms with Crippen molar-refractivity contribution in [3.05, 3.63) is 28.8 Å². The van der Waals surface area contributed by atoms with Crippen LogP contribution in [0.5, 0.6) is 0 Å². The molecular formula is C17H20ClN3O2. The van der Waals surface area contributed by atoms with Crippen molar-refractivity contribution in [2.75, 3.05) is 18.4 Å². The Labute approximate surface area is 140 Å². The van der Waals surface area contributed by atoms with Gasteiger partial charge in [-0.25, -0.2) is 0 Å². The van der Waals surface area contributed by atoms with Crippen molar-refractivity contribution in [1.82, 2.24) is 4.90 Å². The summed E-state index contributed by atoms with van der Waals surface area (Å²) in [4.78, 5) is 13.1. The van der Waals surface area contributed by atoms with E-state index in [-0.39, 0.29) is 6.54 Å². The summed E-state index contributed by atoms with van der Waals surface area (Å²) in [7, 11) is 0. The van der Waals surface area contributed by atoms with E-state index in [1.165, 1.54) is 12.8 Å². The molecule has 2 aliphatic carbocycles. The Morgan fingerprint density at radius 2 is 2.17 bits per heavy atom. The second-order valence-corrected chi connectivity index (χ2v) is 6.95. The van der Waals surface area contributed by atoms with Crippen molar-refractivity contribution in [2.24, 2.45) is 5.92 Å². The van der Waals surface area contributed by atoms with Gasteiger partial charge in [-0.15, -0.1) is 0 Å². The lowest BCUT2D eigenvalue weighted by atomic mass is 9.85. The first-order valence-electron chi connectivity index (χ1n) is 7.97. The van der Waals surface area contributed by atoms with Gasteiger partial charge >= 0.3 is 5.97 Å². The summed E-state index contributed by atoms with van der Waals surface area (Å²) >= 11 is 6.04. The molecule has 0 saturated heterocycles. The Balaban J connectivity index is 1.52. The molecule has 0 radical (unpaired) electrons. The Morgan fingerprint density at radius 1 is 1.43 bits per heavy atom. The Bertz CT molecular complexity index is 633. The monoisotopic (exact) mass is 333 g/mol. The van der Waals surface area contributed by atoms with Crippen molar-refractivity contribution in [3.63, 3.8) is 0 Å². The van der Waals surface area contributed by atoms with Crippen LogP contribution in [0.3, 0.4) is 0 Å². The third kappa shape index (κ3) is 4.15. The number of hydrogen-bond donors (Lipinski definition) is 2. The van der Waals surface area contributed by atoms with Crippen LogP contribution in [0.1, 0.15) is 31.2 Å². The van der Waals surface area contributed by atoms with Gasteiger partial charge in [-0.05, 0) is 49.8 Å². The fraction of sp³-hybridized carbons (Fsp3) is 0.529. The molecule has 1 aromatic rings. The number of benzene rings is 1. The van der Waals surface area contributed by atoms with Crippen LogP contribution in [0.15, 0.2) is 18.2 Å². The van der Waals surface area contributed by atoms with Gasteiger partial charge in [-0.1, -0.05) is 11.6 Å². The number of nitrogens with one attached hydrogen (secondary N) is 1. The van der Waals surface area contributed by atoms with Gasteiger partial charge in [0.15, 0.2) is 0 Å². The summed E-state index contributed by atoms with van der Waals surface area (Å²) in [5.74, 6) is -0.0559. The first-order chi connectivity index (χ1) is 11.0. The molecule has 0 unspecified atom stereocenters. The van der Waals surface area contributed by atoms with Gasteiger partial charge in [0.05, 0.1) is 17.1 Å². The number of nitrogens with zero attached hydrogens (tertiary/aromatic N) is 2. The molecule has 0 spiro atoms. The van der Waals surface area contributed by atoms with Gasteiger partial charge in [0.25, 0.3) is 0 Å². The summed E-state index contributed by atoms with van der Waals surface area (Å²) in [6, 6.07) is 8.07. The highest BCUT2D eigenvalue weighted by atomic mass is 35.5. The largest absolute Gasteiger partial charge is 0.480 e. The van der Waals surface area contributed by atoms with Gasteiger partial charge in [0, 0.05) is 24.3 Å². The van der Waals surface area contributed by atoms with Crippen LogP contribution >= 0.6 is 11.6 Å². The standard InChI is InChI=1S/C17H20ClN3O2/c18-16-7-13(4-3-12(16)8-19)20-14-5-15(6-14)21(10-17(22)23)9-11-1-2-11/h3-4,7,11,14-15,20H,1-2,5-6,9-10H2,(H,22,23). The van der Waals surface area contributed by atoms with E-state index >= 15 is 0 Å². The number of rotatable bonds is 7. The minimum absolute atomic E-state index is 0.135.